The molecule has 3 heteroatoms. The summed E-state index contributed by atoms with van der Waals surface area (Å²) in [7, 11) is 0. The van der Waals surface area contributed by atoms with Crippen LogP contribution in [0.25, 0.3) is 0 Å². The smallest absolute Gasteiger partial charge is 0.244 e. The van der Waals surface area contributed by atoms with E-state index in [1.165, 1.54) is 6.42 Å². The Balaban J connectivity index is 2.33. The van der Waals surface area contributed by atoms with Crippen molar-refractivity contribution in [1.82, 2.24) is 5.32 Å². The Morgan fingerprint density at radius 2 is 2.31 bits per heavy atom. The zero-order valence-electron chi connectivity index (χ0n) is 8.46. The zero-order valence-corrected chi connectivity index (χ0v) is 9.28. The number of carbonyl (C=O) groups excluding carboxylic acids is 1. The lowest BCUT2D eigenvalue weighted by molar-refractivity contribution is -0.119. The zero-order chi connectivity index (χ0) is 9.90. The highest BCUT2D eigenvalue weighted by Gasteiger charge is 2.38. The first kappa shape index (κ1) is 10.6. The lowest BCUT2D eigenvalue weighted by Gasteiger charge is -2.44. The third-order valence-corrected chi connectivity index (χ3v) is 3.10. The first-order valence-corrected chi connectivity index (χ1v) is 5.85. The standard InChI is InChI=1S/C10H17NOS/c1-10(2)6-4-8(10)11-9(12)5-7-13-3/h5,7-8H,4,6H2,1-3H3,(H,11,12)/b7-5+. The Kier molecular flexibility index (Phi) is 3.42. The van der Waals surface area contributed by atoms with Crippen LogP contribution < -0.4 is 5.32 Å². The summed E-state index contributed by atoms with van der Waals surface area (Å²) in [5.41, 5.74) is 0.295. The van der Waals surface area contributed by atoms with Gasteiger partial charge in [-0.3, -0.25) is 4.79 Å². The molecule has 1 rings (SSSR count). The molecule has 1 N–H and O–H groups in total. The molecule has 0 aromatic heterocycles. The summed E-state index contributed by atoms with van der Waals surface area (Å²) in [6.07, 6.45) is 5.87. The summed E-state index contributed by atoms with van der Waals surface area (Å²) in [5, 5.41) is 4.81. The van der Waals surface area contributed by atoms with Crippen LogP contribution in [0.5, 0.6) is 0 Å². The molecule has 0 radical (unpaired) electrons. The first-order valence-electron chi connectivity index (χ1n) is 4.56. The van der Waals surface area contributed by atoms with Crippen molar-refractivity contribution in [3.05, 3.63) is 11.5 Å². The second kappa shape index (κ2) is 4.18. The van der Waals surface area contributed by atoms with Gasteiger partial charge in [0, 0.05) is 12.1 Å². The number of rotatable bonds is 3. The molecule has 0 aliphatic heterocycles. The fraction of sp³-hybridized carbons (Fsp3) is 0.700. The van der Waals surface area contributed by atoms with Crippen molar-refractivity contribution < 1.29 is 4.79 Å². The molecular weight excluding hydrogens is 182 g/mol. The summed E-state index contributed by atoms with van der Waals surface area (Å²) in [4.78, 5) is 11.3. The average molecular weight is 199 g/mol. The predicted molar refractivity (Wildman–Crippen MR) is 57.6 cm³/mol. The van der Waals surface area contributed by atoms with Crippen LogP contribution in [0.15, 0.2) is 11.5 Å². The molecule has 2 nitrogen and oxygen atoms in total. The fourth-order valence-corrected chi connectivity index (χ4v) is 1.74. The van der Waals surface area contributed by atoms with Gasteiger partial charge in [-0.2, -0.15) is 0 Å². The number of hydrogen-bond acceptors (Lipinski definition) is 2. The Morgan fingerprint density at radius 1 is 1.62 bits per heavy atom. The van der Waals surface area contributed by atoms with Gasteiger partial charge in [0.25, 0.3) is 0 Å². The molecule has 0 spiro atoms. The van der Waals surface area contributed by atoms with E-state index in [0.29, 0.717) is 11.5 Å². The van der Waals surface area contributed by atoms with E-state index >= 15 is 0 Å². The highest BCUT2D eigenvalue weighted by atomic mass is 32.2. The fourth-order valence-electron chi connectivity index (χ4n) is 1.48. The molecule has 1 atom stereocenters. The number of carbonyl (C=O) groups is 1. The Labute approximate surface area is 84.2 Å². The molecule has 13 heavy (non-hydrogen) atoms. The molecule has 1 fully saturated rings. The minimum absolute atomic E-state index is 0.0344. The minimum Gasteiger partial charge on any atom is -0.349 e. The maximum Gasteiger partial charge on any atom is 0.244 e. The van der Waals surface area contributed by atoms with Crippen LogP contribution in [-0.4, -0.2) is 18.2 Å². The number of thioether (sulfide) groups is 1. The third-order valence-electron chi connectivity index (χ3n) is 2.69. The number of amides is 1. The van der Waals surface area contributed by atoms with Crippen LogP contribution >= 0.6 is 11.8 Å². The quantitative estimate of drug-likeness (QED) is 0.706. The normalized spacial score (nSPS) is 25.6. The molecule has 1 aliphatic rings. The maximum absolute atomic E-state index is 11.3. The van der Waals surface area contributed by atoms with E-state index < -0.39 is 0 Å². The van der Waals surface area contributed by atoms with Gasteiger partial charge in [0.15, 0.2) is 0 Å². The van der Waals surface area contributed by atoms with Crippen LogP contribution in [0.1, 0.15) is 26.7 Å². The summed E-state index contributed by atoms with van der Waals surface area (Å²) in [6.45, 7) is 4.39. The van der Waals surface area contributed by atoms with E-state index in [2.05, 4.69) is 19.2 Å². The number of nitrogens with one attached hydrogen (secondary N) is 1. The molecule has 1 unspecified atom stereocenters. The van der Waals surface area contributed by atoms with Crippen molar-refractivity contribution in [2.24, 2.45) is 5.41 Å². The van der Waals surface area contributed by atoms with Gasteiger partial charge in [-0.05, 0) is 29.9 Å². The van der Waals surface area contributed by atoms with E-state index in [-0.39, 0.29) is 5.91 Å². The van der Waals surface area contributed by atoms with Gasteiger partial charge < -0.3 is 5.32 Å². The van der Waals surface area contributed by atoms with E-state index in [9.17, 15) is 4.79 Å². The van der Waals surface area contributed by atoms with Crippen LogP contribution in [0, 0.1) is 5.41 Å². The summed E-state index contributed by atoms with van der Waals surface area (Å²) >= 11 is 1.54. The highest BCUT2D eigenvalue weighted by molar-refractivity contribution is 8.01. The highest BCUT2D eigenvalue weighted by Crippen LogP contribution is 2.39. The Hall–Kier alpha value is -0.440. The molecule has 0 saturated heterocycles. The average Bonchev–Trinajstić information content (AvgIpc) is 2.09. The number of hydrogen-bond donors (Lipinski definition) is 1. The van der Waals surface area contributed by atoms with Gasteiger partial charge in [0.1, 0.15) is 0 Å². The van der Waals surface area contributed by atoms with Crippen molar-refractivity contribution in [2.75, 3.05) is 6.26 Å². The summed E-state index contributed by atoms with van der Waals surface area (Å²) < 4.78 is 0. The van der Waals surface area contributed by atoms with Gasteiger partial charge in [-0.15, -0.1) is 11.8 Å². The molecule has 74 valence electrons. The largest absolute Gasteiger partial charge is 0.349 e. The SMILES string of the molecule is CS/C=C/C(=O)NC1CCC1(C)C. The predicted octanol–water partition coefficient (Wildman–Crippen LogP) is 2.17. The molecule has 0 bridgehead atoms. The molecule has 0 heterocycles. The van der Waals surface area contributed by atoms with Gasteiger partial charge in [-0.1, -0.05) is 13.8 Å². The van der Waals surface area contributed by atoms with Gasteiger partial charge in [-0.25, -0.2) is 0 Å². The van der Waals surface area contributed by atoms with E-state index in [1.807, 2.05) is 6.26 Å². The van der Waals surface area contributed by atoms with Crippen molar-refractivity contribution in [3.8, 4) is 0 Å². The van der Waals surface area contributed by atoms with Crippen LogP contribution in [0.4, 0.5) is 0 Å². The maximum atomic E-state index is 11.3. The van der Waals surface area contributed by atoms with Crippen LogP contribution in [-0.2, 0) is 4.79 Å². The van der Waals surface area contributed by atoms with E-state index in [0.717, 1.165) is 6.42 Å². The molecule has 0 aromatic rings. The summed E-state index contributed by atoms with van der Waals surface area (Å²) in [6, 6.07) is 0.367. The monoisotopic (exact) mass is 199 g/mol. The summed E-state index contributed by atoms with van der Waals surface area (Å²) in [5.74, 6) is 0.0344. The lowest BCUT2D eigenvalue weighted by atomic mass is 9.67. The molecular formula is C10H17NOS. The lowest BCUT2D eigenvalue weighted by Crippen LogP contribution is -2.51. The van der Waals surface area contributed by atoms with E-state index in [4.69, 9.17) is 0 Å². The molecule has 0 aromatic carbocycles. The first-order chi connectivity index (χ1) is 6.06. The van der Waals surface area contributed by atoms with Gasteiger partial charge >= 0.3 is 0 Å². The van der Waals surface area contributed by atoms with Crippen LogP contribution in [0.3, 0.4) is 0 Å². The second-order valence-electron chi connectivity index (χ2n) is 4.13. The minimum atomic E-state index is 0.0344. The van der Waals surface area contributed by atoms with Crippen molar-refractivity contribution in [1.29, 1.82) is 0 Å². The topological polar surface area (TPSA) is 29.1 Å². The van der Waals surface area contributed by atoms with E-state index in [1.54, 1.807) is 23.2 Å². The molecule has 1 amide bonds. The van der Waals surface area contributed by atoms with Crippen molar-refractivity contribution in [2.45, 2.75) is 32.7 Å². The molecule has 1 aliphatic carbocycles. The molecule has 1 saturated carbocycles. The van der Waals surface area contributed by atoms with Crippen molar-refractivity contribution >= 4 is 17.7 Å². The second-order valence-corrected chi connectivity index (χ2v) is 4.87. The van der Waals surface area contributed by atoms with Crippen molar-refractivity contribution in [3.63, 3.8) is 0 Å². The van der Waals surface area contributed by atoms with Gasteiger partial charge in [0.05, 0.1) is 0 Å². The van der Waals surface area contributed by atoms with Crippen LogP contribution in [0.2, 0.25) is 0 Å². The van der Waals surface area contributed by atoms with Gasteiger partial charge in [0.2, 0.25) is 5.91 Å². The third kappa shape index (κ3) is 2.76. The Bertz CT molecular complexity index is 223. The Morgan fingerprint density at radius 3 is 2.69 bits per heavy atom.